The number of benzene rings is 2. The number of aryl methyl sites for hydroxylation is 1. The average Bonchev–Trinajstić information content (AvgIpc) is 3.18. The van der Waals surface area contributed by atoms with E-state index >= 15 is 0 Å². The molecule has 30 heavy (non-hydrogen) atoms. The van der Waals surface area contributed by atoms with E-state index in [1.165, 1.54) is 18.2 Å². The van der Waals surface area contributed by atoms with Crippen molar-refractivity contribution in [3.63, 3.8) is 0 Å². The summed E-state index contributed by atoms with van der Waals surface area (Å²) in [7, 11) is -2.56. The van der Waals surface area contributed by atoms with Gasteiger partial charge in [0.25, 0.3) is 15.4 Å². The van der Waals surface area contributed by atoms with Crippen molar-refractivity contribution in [3.8, 4) is 5.75 Å². The van der Waals surface area contributed by atoms with E-state index < -0.39 is 15.4 Å². The molecule has 156 valence electrons. The first-order chi connectivity index (χ1) is 14.2. The highest BCUT2D eigenvalue weighted by Gasteiger charge is 2.31. The molecule has 1 atom stereocenters. The second-order valence-electron chi connectivity index (χ2n) is 6.73. The number of ether oxygens (including phenoxy) is 1. The van der Waals surface area contributed by atoms with Gasteiger partial charge < -0.3 is 9.30 Å². The lowest BCUT2D eigenvalue weighted by molar-refractivity contribution is -0.118. The van der Waals surface area contributed by atoms with Crippen molar-refractivity contribution in [2.45, 2.75) is 23.2 Å². The monoisotopic (exact) mass is 447 g/mol. The van der Waals surface area contributed by atoms with Gasteiger partial charge in [-0.1, -0.05) is 23.9 Å². The highest BCUT2D eigenvalue weighted by Crippen LogP contribution is 2.24. The fourth-order valence-corrected chi connectivity index (χ4v) is 4.48. The number of carbonyl (C=O) groups is 2. The van der Waals surface area contributed by atoms with Crippen LogP contribution in [0.5, 0.6) is 5.75 Å². The molecule has 1 aliphatic heterocycles. The number of hydrogen-bond donors (Lipinski definition) is 2. The van der Waals surface area contributed by atoms with Crippen LogP contribution in [0.4, 0.5) is 4.79 Å². The molecule has 9 nitrogen and oxygen atoms in total. The van der Waals surface area contributed by atoms with E-state index in [1.54, 1.807) is 23.7 Å². The van der Waals surface area contributed by atoms with Gasteiger partial charge in [0.2, 0.25) is 5.91 Å². The smallest absolute Gasteiger partial charge is 0.294 e. The van der Waals surface area contributed by atoms with Gasteiger partial charge in [-0.2, -0.15) is 8.42 Å². The van der Waals surface area contributed by atoms with E-state index in [4.69, 9.17) is 4.74 Å². The quantitative estimate of drug-likeness (QED) is 0.551. The van der Waals surface area contributed by atoms with Crippen LogP contribution in [-0.4, -0.2) is 38.9 Å². The number of fused-ring (bicyclic) bond motifs is 1. The number of nitrogens with one attached hydrogen (secondary N) is 1. The number of imide groups is 1. The number of rotatable bonds is 6. The Morgan fingerprint density at radius 2 is 1.93 bits per heavy atom. The summed E-state index contributed by atoms with van der Waals surface area (Å²) in [6.45, 7) is 0.154. The maximum Gasteiger partial charge on any atom is 0.294 e. The molecule has 2 heterocycles. The molecule has 2 N–H and O–H groups in total. The van der Waals surface area contributed by atoms with Crippen LogP contribution in [0.15, 0.2) is 47.4 Å². The lowest BCUT2D eigenvalue weighted by Crippen LogP contribution is -2.25. The number of hydrogen-bond acceptors (Lipinski definition) is 7. The summed E-state index contributed by atoms with van der Waals surface area (Å²) >= 11 is 0.991. The zero-order valence-electron chi connectivity index (χ0n) is 15.7. The molecule has 0 radical (unpaired) electrons. The fourth-order valence-electron chi connectivity index (χ4n) is 3.12. The predicted molar refractivity (Wildman–Crippen MR) is 110 cm³/mol. The van der Waals surface area contributed by atoms with Gasteiger partial charge in [0.05, 0.1) is 21.2 Å². The minimum Gasteiger partial charge on any atom is -0.486 e. The summed E-state index contributed by atoms with van der Waals surface area (Å²) in [4.78, 5) is 27.1. The number of thioether (sulfide) groups is 1. The summed E-state index contributed by atoms with van der Waals surface area (Å²) < 4.78 is 39.4. The van der Waals surface area contributed by atoms with Crippen LogP contribution in [0.25, 0.3) is 11.0 Å². The fraction of sp³-hybridized carbons (Fsp3) is 0.211. The second kappa shape index (κ2) is 7.74. The van der Waals surface area contributed by atoms with Crippen LogP contribution in [0, 0.1) is 0 Å². The molecule has 11 heteroatoms. The topological polar surface area (TPSA) is 128 Å². The van der Waals surface area contributed by atoms with Crippen molar-refractivity contribution >= 4 is 44.1 Å². The molecule has 4 rings (SSSR count). The molecule has 1 fully saturated rings. The minimum atomic E-state index is -4.29. The Morgan fingerprint density at radius 3 is 2.57 bits per heavy atom. The lowest BCUT2D eigenvalue weighted by atomic mass is 10.1. The Bertz CT molecular complexity index is 1250. The molecule has 0 saturated carbocycles. The van der Waals surface area contributed by atoms with Gasteiger partial charge in [-0.3, -0.25) is 19.5 Å². The van der Waals surface area contributed by atoms with Crippen molar-refractivity contribution in [1.29, 1.82) is 0 Å². The van der Waals surface area contributed by atoms with Crippen LogP contribution in [0.1, 0.15) is 11.4 Å². The van der Waals surface area contributed by atoms with Crippen molar-refractivity contribution in [2.75, 3.05) is 0 Å². The molecule has 3 aromatic rings. The SMILES string of the molecule is Cn1c(COc2ccc(CC3SC(=O)NC3=O)cc2)nc2ccc(S(=O)(=O)O)cc21. The van der Waals surface area contributed by atoms with Crippen molar-refractivity contribution in [1.82, 2.24) is 14.9 Å². The maximum atomic E-state index is 11.7. The zero-order valence-corrected chi connectivity index (χ0v) is 17.4. The third-order valence-electron chi connectivity index (χ3n) is 4.72. The van der Waals surface area contributed by atoms with E-state index in [-0.39, 0.29) is 22.6 Å². The van der Waals surface area contributed by atoms with Crippen LogP contribution in [0.3, 0.4) is 0 Å². The number of aromatic nitrogens is 2. The molecule has 2 aromatic carbocycles. The summed E-state index contributed by atoms with van der Waals surface area (Å²) in [6, 6.07) is 11.4. The Kier molecular flexibility index (Phi) is 5.26. The molecule has 0 bridgehead atoms. The first kappa shape index (κ1) is 20.4. The standard InChI is InChI=1S/C19H17N3O6S2/c1-22-15-9-13(30(25,26)27)6-7-14(15)20-17(22)10-28-12-4-2-11(3-5-12)8-16-18(23)21-19(24)29-16/h2-7,9,16H,8,10H2,1H3,(H,21,23,24)(H,25,26,27). The van der Waals surface area contributed by atoms with Gasteiger partial charge in [-0.05, 0) is 42.3 Å². The van der Waals surface area contributed by atoms with E-state index in [0.29, 0.717) is 29.0 Å². The number of imidazole rings is 1. The Labute approximate surface area is 176 Å². The van der Waals surface area contributed by atoms with E-state index in [9.17, 15) is 22.6 Å². The van der Waals surface area contributed by atoms with E-state index in [0.717, 1.165) is 17.3 Å². The number of nitrogens with zero attached hydrogens (tertiary/aromatic N) is 2. The van der Waals surface area contributed by atoms with Crippen molar-refractivity contribution in [2.24, 2.45) is 7.05 Å². The van der Waals surface area contributed by atoms with Crippen molar-refractivity contribution < 1.29 is 27.3 Å². The Balaban J connectivity index is 1.44. The van der Waals surface area contributed by atoms with Gasteiger partial charge in [0, 0.05) is 7.05 Å². The number of carbonyl (C=O) groups excluding carboxylic acids is 2. The molecule has 1 aliphatic rings. The van der Waals surface area contributed by atoms with Gasteiger partial charge >= 0.3 is 0 Å². The normalized spacial score (nSPS) is 16.8. The van der Waals surface area contributed by atoms with Gasteiger partial charge in [0.15, 0.2) is 0 Å². The van der Waals surface area contributed by atoms with Gasteiger partial charge in [-0.25, -0.2) is 4.98 Å². The highest BCUT2D eigenvalue weighted by atomic mass is 32.2. The molecule has 1 unspecified atom stereocenters. The van der Waals surface area contributed by atoms with Crippen LogP contribution < -0.4 is 10.1 Å². The van der Waals surface area contributed by atoms with Gasteiger partial charge in [0.1, 0.15) is 18.2 Å². The Morgan fingerprint density at radius 1 is 1.20 bits per heavy atom. The first-order valence-electron chi connectivity index (χ1n) is 8.87. The Hall–Kier alpha value is -2.89. The zero-order chi connectivity index (χ0) is 21.5. The van der Waals surface area contributed by atoms with Crippen LogP contribution >= 0.6 is 11.8 Å². The summed E-state index contributed by atoms with van der Waals surface area (Å²) in [5, 5.41) is 1.53. The predicted octanol–water partition coefficient (Wildman–Crippen LogP) is 2.29. The van der Waals surface area contributed by atoms with E-state index in [1.807, 2.05) is 12.1 Å². The maximum absolute atomic E-state index is 11.7. The van der Waals surface area contributed by atoms with Crippen LogP contribution in [-0.2, 0) is 35.0 Å². The molecular weight excluding hydrogens is 430 g/mol. The van der Waals surface area contributed by atoms with E-state index in [2.05, 4.69) is 10.3 Å². The molecule has 0 aliphatic carbocycles. The minimum absolute atomic E-state index is 0.154. The third-order valence-corrected chi connectivity index (χ3v) is 6.55. The third kappa shape index (κ3) is 4.18. The highest BCUT2D eigenvalue weighted by molar-refractivity contribution is 8.15. The summed E-state index contributed by atoms with van der Waals surface area (Å²) in [6.07, 6.45) is 0.448. The van der Waals surface area contributed by atoms with Crippen LogP contribution in [0.2, 0.25) is 0 Å². The largest absolute Gasteiger partial charge is 0.486 e. The molecule has 0 spiro atoms. The van der Waals surface area contributed by atoms with Gasteiger partial charge in [-0.15, -0.1) is 0 Å². The lowest BCUT2D eigenvalue weighted by Gasteiger charge is -2.09. The number of amides is 2. The van der Waals surface area contributed by atoms with Crippen molar-refractivity contribution in [3.05, 3.63) is 53.9 Å². The molecular formula is C19H17N3O6S2. The first-order valence-corrected chi connectivity index (χ1v) is 11.2. The molecule has 1 saturated heterocycles. The second-order valence-corrected chi connectivity index (χ2v) is 9.33. The average molecular weight is 447 g/mol. The molecule has 2 amide bonds. The molecule has 1 aromatic heterocycles. The summed E-state index contributed by atoms with van der Waals surface area (Å²) in [5.41, 5.74) is 2.05. The summed E-state index contributed by atoms with van der Waals surface area (Å²) in [5.74, 6) is 0.910.